The Morgan fingerprint density at radius 3 is 2.81 bits per heavy atom. The Kier molecular flexibility index (Phi) is 4.93. The van der Waals surface area contributed by atoms with Gasteiger partial charge in [-0.15, -0.1) is 0 Å². The third-order valence-electron chi connectivity index (χ3n) is 11.1. The molecule has 2 heterocycles. The number of nitrogens with zero attached hydrogens (tertiary/aromatic N) is 1. The smallest absolute Gasteiger partial charge is 0.220 e. The second-order valence-corrected chi connectivity index (χ2v) is 12.5. The Bertz CT molecular complexity index is 1130. The highest BCUT2D eigenvalue weighted by Crippen LogP contribution is 2.76. The summed E-state index contributed by atoms with van der Waals surface area (Å²) < 4.78 is 13.3. The molecule has 6 atom stereocenters. The van der Waals surface area contributed by atoms with Crippen LogP contribution < -0.4 is 10.1 Å². The van der Waals surface area contributed by atoms with Gasteiger partial charge in [0.1, 0.15) is 17.5 Å². The maximum atomic E-state index is 12.6. The van der Waals surface area contributed by atoms with Crippen LogP contribution in [0.15, 0.2) is 12.1 Å². The van der Waals surface area contributed by atoms with Crippen LogP contribution >= 0.6 is 0 Å². The number of fused-ring (bicyclic) bond motifs is 2. The maximum Gasteiger partial charge on any atom is 0.220 e. The number of carbonyl (C=O) groups is 2. The van der Waals surface area contributed by atoms with Gasteiger partial charge in [0.05, 0.1) is 0 Å². The summed E-state index contributed by atoms with van der Waals surface area (Å²) in [6, 6.07) is 4.40. The number of Topliss-reactive ketones (excluding diaryl/α,β-unsaturated/α-hetero) is 1. The van der Waals surface area contributed by atoms with Crippen LogP contribution in [0.5, 0.6) is 11.5 Å². The third-order valence-corrected chi connectivity index (χ3v) is 11.1. The van der Waals surface area contributed by atoms with E-state index in [1.807, 2.05) is 6.07 Å². The Labute approximate surface area is 212 Å². The van der Waals surface area contributed by atoms with E-state index >= 15 is 0 Å². The molecule has 36 heavy (non-hydrogen) atoms. The quantitative estimate of drug-likeness (QED) is 0.578. The molecule has 7 heteroatoms. The number of methoxy groups -OCH3 is 1. The lowest BCUT2D eigenvalue weighted by atomic mass is 9.35. The van der Waals surface area contributed by atoms with Gasteiger partial charge in [0, 0.05) is 61.4 Å². The van der Waals surface area contributed by atoms with Crippen LogP contribution in [0.3, 0.4) is 0 Å². The lowest BCUT2D eigenvalue weighted by Gasteiger charge is -2.74. The van der Waals surface area contributed by atoms with Crippen molar-refractivity contribution >= 4 is 11.7 Å². The Morgan fingerprint density at radius 1 is 1.22 bits per heavy atom. The first-order valence-corrected chi connectivity index (χ1v) is 13.9. The number of likely N-dealkylation sites (tertiary alicyclic amines) is 1. The van der Waals surface area contributed by atoms with Crippen molar-refractivity contribution in [2.75, 3.05) is 26.7 Å². The summed E-state index contributed by atoms with van der Waals surface area (Å²) in [6.07, 6.45) is 8.08. The second kappa shape index (κ2) is 7.70. The van der Waals surface area contributed by atoms with E-state index in [1.54, 1.807) is 7.11 Å². The van der Waals surface area contributed by atoms with E-state index in [1.165, 1.54) is 37.4 Å². The first-order valence-electron chi connectivity index (χ1n) is 13.9. The SMILES string of the molecule is COC12CC[C@@]3(C[C@@H]1CNC(=O)CCC(C)=O)[C@H]1Cc4ccc(O)c5c4[C@@]3(CCN1CC1CC1)C2O5. The van der Waals surface area contributed by atoms with Gasteiger partial charge in [-0.05, 0) is 76.0 Å². The minimum Gasteiger partial charge on any atom is -0.504 e. The first-order chi connectivity index (χ1) is 17.3. The fourth-order valence-corrected chi connectivity index (χ4v) is 9.40. The zero-order chi connectivity index (χ0) is 24.9. The van der Waals surface area contributed by atoms with Crippen LogP contribution in [0.1, 0.15) is 69.4 Å². The molecule has 1 aromatic carbocycles. The van der Waals surface area contributed by atoms with E-state index in [0.29, 0.717) is 18.3 Å². The molecule has 5 aliphatic carbocycles. The number of benzene rings is 1. The highest BCUT2D eigenvalue weighted by atomic mass is 16.6. The molecule has 5 fully saturated rings. The molecular formula is C29H38N2O5. The summed E-state index contributed by atoms with van der Waals surface area (Å²) in [6.45, 7) is 4.33. The zero-order valence-electron chi connectivity index (χ0n) is 21.5. The zero-order valence-corrected chi connectivity index (χ0v) is 21.5. The molecule has 8 rings (SSSR count). The fraction of sp³-hybridized carbons (Fsp3) is 0.724. The molecule has 2 aliphatic heterocycles. The molecule has 7 nitrogen and oxygen atoms in total. The van der Waals surface area contributed by atoms with Gasteiger partial charge in [0.15, 0.2) is 11.5 Å². The summed E-state index contributed by atoms with van der Waals surface area (Å²) in [5, 5.41) is 14.1. The van der Waals surface area contributed by atoms with Gasteiger partial charge in [-0.25, -0.2) is 0 Å². The molecule has 194 valence electrons. The van der Waals surface area contributed by atoms with Gasteiger partial charge in [-0.3, -0.25) is 9.69 Å². The van der Waals surface area contributed by atoms with Gasteiger partial charge in [0.25, 0.3) is 0 Å². The van der Waals surface area contributed by atoms with E-state index in [-0.39, 0.29) is 53.1 Å². The minimum absolute atomic E-state index is 0.0367. The number of aromatic hydroxyl groups is 1. The number of ether oxygens (including phenoxy) is 2. The van der Waals surface area contributed by atoms with Gasteiger partial charge in [0.2, 0.25) is 5.91 Å². The molecule has 2 spiro atoms. The Hall–Kier alpha value is -2.12. The number of hydrogen-bond acceptors (Lipinski definition) is 6. The maximum absolute atomic E-state index is 12.6. The van der Waals surface area contributed by atoms with Crippen LogP contribution in [0.4, 0.5) is 0 Å². The molecule has 0 aromatic heterocycles. The number of ketones is 1. The minimum atomic E-state index is -0.515. The predicted octanol–water partition coefficient (Wildman–Crippen LogP) is 3.10. The lowest BCUT2D eigenvalue weighted by Crippen LogP contribution is -2.81. The van der Waals surface area contributed by atoms with Crippen LogP contribution in [0.25, 0.3) is 0 Å². The number of phenols is 1. The number of phenolic OH excluding ortho intramolecular Hbond substituents is 1. The second-order valence-electron chi connectivity index (χ2n) is 12.5. The monoisotopic (exact) mass is 494 g/mol. The molecule has 4 bridgehead atoms. The van der Waals surface area contributed by atoms with Crippen molar-refractivity contribution in [2.24, 2.45) is 17.3 Å². The number of amides is 1. The average molecular weight is 495 g/mol. The van der Waals surface area contributed by atoms with Crippen LogP contribution in [0.2, 0.25) is 0 Å². The van der Waals surface area contributed by atoms with Crippen molar-refractivity contribution in [1.82, 2.24) is 10.2 Å². The van der Waals surface area contributed by atoms with Gasteiger partial charge >= 0.3 is 0 Å². The normalized spacial score (nSPS) is 39.4. The van der Waals surface area contributed by atoms with Crippen molar-refractivity contribution in [1.29, 1.82) is 0 Å². The summed E-state index contributed by atoms with van der Waals surface area (Å²) in [4.78, 5) is 26.8. The van der Waals surface area contributed by atoms with E-state index < -0.39 is 5.60 Å². The standard InChI is InChI=1S/C29H38N2O5/c1-17(32)3-8-23(34)30-15-20-14-27-9-10-29(20,35-2)26-28(27)11-12-31(16-18-4-5-18)22(27)13-19-6-7-21(33)25(36-26)24(19)28/h6-7,18,20,22,26,33H,3-5,8-16H2,1-2H3,(H,30,34)/t20-,22-,26?,27-,28+,29?/m1/s1. The highest BCUT2D eigenvalue weighted by molar-refractivity contribution is 5.83. The van der Waals surface area contributed by atoms with Crippen LogP contribution in [-0.4, -0.2) is 66.2 Å². The van der Waals surface area contributed by atoms with Crippen molar-refractivity contribution in [3.05, 3.63) is 23.3 Å². The molecule has 1 saturated heterocycles. The fourth-order valence-electron chi connectivity index (χ4n) is 9.40. The number of rotatable bonds is 8. The van der Waals surface area contributed by atoms with Gasteiger partial charge in [-0.1, -0.05) is 6.07 Å². The summed E-state index contributed by atoms with van der Waals surface area (Å²) in [5.41, 5.74) is 1.99. The number of nitrogens with one attached hydrogen (secondary N) is 1. The largest absolute Gasteiger partial charge is 0.504 e. The molecular weight excluding hydrogens is 456 g/mol. The first kappa shape index (κ1) is 23.0. The number of piperidine rings is 1. The number of carbonyl (C=O) groups excluding carboxylic acids is 2. The molecule has 2 unspecified atom stereocenters. The summed E-state index contributed by atoms with van der Waals surface area (Å²) in [5.74, 6) is 1.85. The molecule has 1 amide bonds. The number of hydrogen-bond donors (Lipinski definition) is 2. The van der Waals surface area contributed by atoms with E-state index in [4.69, 9.17) is 9.47 Å². The van der Waals surface area contributed by atoms with Crippen LogP contribution in [0, 0.1) is 17.3 Å². The van der Waals surface area contributed by atoms with Crippen LogP contribution in [-0.2, 0) is 26.2 Å². The van der Waals surface area contributed by atoms with Crippen molar-refractivity contribution < 1.29 is 24.2 Å². The van der Waals surface area contributed by atoms with E-state index in [0.717, 1.165) is 44.6 Å². The summed E-state index contributed by atoms with van der Waals surface area (Å²) in [7, 11) is 1.80. The third kappa shape index (κ3) is 2.82. The predicted molar refractivity (Wildman–Crippen MR) is 133 cm³/mol. The summed E-state index contributed by atoms with van der Waals surface area (Å²) >= 11 is 0. The van der Waals surface area contributed by atoms with E-state index in [9.17, 15) is 14.7 Å². The van der Waals surface area contributed by atoms with Gasteiger partial charge in [-0.2, -0.15) is 0 Å². The lowest BCUT2D eigenvalue weighted by molar-refractivity contribution is -0.276. The molecule has 4 saturated carbocycles. The van der Waals surface area contributed by atoms with E-state index in [2.05, 4.69) is 16.3 Å². The van der Waals surface area contributed by atoms with Crippen molar-refractivity contribution in [3.63, 3.8) is 0 Å². The highest BCUT2D eigenvalue weighted by Gasteiger charge is 2.80. The van der Waals surface area contributed by atoms with Crippen molar-refractivity contribution in [2.45, 2.75) is 87.9 Å². The molecule has 0 radical (unpaired) electrons. The molecule has 1 aromatic rings. The van der Waals surface area contributed by atoms with Gasteiger partial charge < -0.3 is 24.7 Å². The Morgan fingerprint density at radius 2 is 2.06 bits per heavy atom. The Balaban J connectivity index is 1.30. The van der Waals surface area contributed by atoms with Crippen molar-refractivity contribution in [3.8, 4) is 11.5 Å². The average Bonchev–Trinajstić information content (AvgIpc) is 3.61. The topological polar surface area (TPSA) is 88.1 Å². The molecule has 2 N–H and O–H groups in total. The molecule has 7 aliphatic rings.